The molecule has 6 heteroatoms. The van der Waals surface area contributed by atoms with Gasteiger partial charge in [-0.05, 0) is 12.5 Å². The predicted octanol–water partition coefficient (Wildman–Crippen LogP) is 0.629. The molecule has 0 saturated carbocycles. The van der Waals surface area contributed by atoms with Gasteiger partial charge in [-0.15, -0.1) is 10.2 Å². The van der Waals surface area contributed by atoms with Gasteiger partial charge in [0.05, 0.1) is 6.54 Å². The second-order valence-electron chi connectivity index (χ2n) is 5.00. The summed E-state index contributed by atoms with van der Waals surface area (Å²) in [6.45, 7) is 4.07. The number of nitrogens with two attached hydrogens (primary N) is 1. The van der Waals surface area contributed by atoms with E-state index in [4.69, 9.17) is 5.73 Å². The first kappa shape index (κ1) is 12.8. The minimum absolute atomic E-state index is 0.333. The van der Waals surface area contributed by atoms with Crippen molar-refractivity contribution in [1.29, 1.82) is 0 Å². The molecular weight excluding hydrogens is 254 g/mol. The molecule has 104 valence electrons. The van der Waals surface area contributed by atoms with Gasteiger partial charge in [0.15, 0.2) is 0 Å². The van der Waals surface area contributed by atoms with Crippen LogP contribution in [-0.2, 0) is 17.9 Å². The lowest BCUT2D eigenvalue weighted by molar-refractivity contribution is -0.124. The number of carbonyl (C=O) groups is 1. The Bertz CT molecular complexity index is 622. The van der Waals surface area contributed by atoms with Crippen LogP contribution in [0, 0.1) is 6.92 Å². The van der Waals surface area contributed by atoms with Crippen LogP contribution in [-0.4, -0.2) is 32.1 Å². The Morgan fingerprint density at radius 3 is 2.70 bits per heavy atom. The molecule has 0 fully saturated rings. The number of carbonyl (C=O) groups excluding carboxylic acids is 1. The van der Waals surface area contributed by atoms with Crippen LogP contribution in [0.25, 0.3) is 0 Å². The van der Waals surface area contributed by atoms with Crippen LogP contribution in [0.4, 0.5) is 0 Å². The maximum absolute atomic E-state index is 11.9. The van der Waals surface area contributed by atoms with Gasteiger partial charge < -0.3 is 10.3 Å². The van der Waals surface area contributed by atoms with Crippen LogP contribution in [0.2, 0.25) is 0 Å². The van der Waals surface area contributed by atoms with Gasteiger partial charge in [0, 0.05) is 13.1 Å². The number of benzene rings is 1. The highest BCUT2D eigenvalue weighted by Crippen LogP contribution is 2.24. The molecule has 2 heterocycles. The molecule has 0 radical (unpaired) electrons. The SMILES string of the molecule is Cc1nnc2n1CCN([C@@H](C(N)=O)c1ccccc1)C2. The second-order valence-corrected chi connectivity index (χ2v) is 5.00. The molecular formula is C14H17N5O. The van der Waals surface area contributed by atoms with Gasteiger partial charge in [0.1, 0.15) is 17.7 Å². The number of primary amides is 1. The summed E-state index contributed by atoms with van der Waals surface area (Å²) in [5, 5.41) is 8.24. The van der Waals surface area contributed by atoms with Crippen molar-refractivity contribution in [2.75, 3.05) is 6.54 Å². The van der Waals surface area contributed by atoms with E-state index in [1.807, 2.05) is 37.3 Å². The molecule has 6 nitrogen and oxygen atoms in total. The molecule has 2 N–H and O–H groups in total. The number of aromatic nitrogens is 3. The van der Waals surface area contributed by atoms with E-state index in [1.165, 1.54) is 0 Å². The van der Waals surface area contributed by atoms with Crippen LogP contribution in [0.3, 0.4) is 0 Å². The third kappa shape index (κ3) is 2.18. The van der Waals surface area contributed by atoms with Gasteiger partial charge in [0.2, 0.25) is 5.91 Å². The molecule has 1 atom stereocenters. The first-order valence-electron chi connectivity index (χ1n) is 6.64. The monoisotopic (exact) mass is 271 g/mol. The maximum atomic E-state index is 11.9. The first-order chi connectivity index (χ1) is 9.66. The zero-order valence-corrected chi connectivity index (χ0v) is 11.4. The Balaban J connectivity index is 1.89. The summed E-state index contributed by atoms with van der Waals surface area (Å²) in [5.74, 6) is 1.46. The van der Waals surface area contributed by atoms with Gasteiger partial charge >= 0.3 is 0 Å². The average Bonchev–Trinajstić information content (AvgIpc) is 2.81. The Kier molecular flexibility index (Phi) is 3.23. The van der Waals surface area contributed by atoms with Crippen LogP contribution in [0.15, 0.2) is 30.3 Å². The maximum Gasteiger partial charge on any atom is 0.239 e. The number of nitrogens with zero attached hydrogens (tertiary/aromatic N) is 4. The predicted molar refractivity (Wildman–Crippen MR) is 73.5 cm³/mol. The highest BCUT2D eigenvalue weighted by molar-refractivity contribution is 5.81. The van der Waals surface area contributed by atoms with Crippen molar-refractivity contribution in [3.8, 4) is 0 Å². The van der Waals surface area contributed by atoms with Crippen molar-refractivity contribution in [2.24, 2.45) is 5.73 Å². The average molecular weight is 271 g/mol. The molecule has 0 bridgehead atoms. The van der Waals surface area contributed by atoms with E-state index in [0.717, 1.165) is 30.3 Å². The standard InChI is InChI=1S/C14H17N5O/c1-10-16-17-12-9-18(7-8-19(10)12)13(14(15)20)11-5-3-2-4-6-11/h2-6,13H,7-9H2,1H3,(H2,15,20)/t13-/m1/s1. The normalized spacial score (nSPS) is 16.6. The number of amides is 1. The highest BCUT2D eigenvalue weighted by atomic mass is 16.1. The summed E-state index contributed by atoms with van der Waals surface area (Å²) in [4.78, 5) is 13.9. The molecule has 1 amide bonds. The third-order valence-electron chi connectivity index (χ3n) is 3.72. The van der Waals surface area contributed by atoms with Gasteiger partial charge in [-0.1, -0.05) is 30.3 Å². The summed E-state index contributed by atoms with van der Waals surface area (Å²) >= 11 is 0. The van der Waals surface area contributed by atoms with E-state index in [2.05, 4.69) is 19.7 Å². The van der Waals surface area contributed by atoms with E-state index in [1.54, 1.807) is 0 Å². The number of hydrogen-bond acceptors (Lipinski definition) is 4. The van der Waals surface area contributed by atoms with E-state index >= 15 is 0 Å². The number of rotatable bonds is 3. The minimum atomic E-state index is -0.415. The summed E-state index contributed by atoms with van der Waals surface area (Å²) < 4.78 is 2.08. The first-order valence-corrected chi connectivity index (χ1v) is 6.64. The van der Waals surface area contributed by atoms with Crippen molar-refractivity contribution in [3.05, 3.63) is 47.5 Å². The molecule has 1 aromatic heterocycles. The molecule has 1 aliphatic heterocycles. The Labute approximate surface area is 117 Å². The van der Waals surface area contributed by atoms with Gasteiger partial charge in [-0.2, -0.15) is 0 Å². The van der Waals surface area contributed by atoms with Crippen molar-refractivity contribution in [3.63, 3.8) is 0 Å². The minimum Gasteiger partial charge on any atom is -0.368 e. The second kappa shape index (κ2) is 5.05. The molecule has 2 aromatic rings. The molecule has 20 heavy (non-hydrogen) atoms. The topological polar surface area (TPSA) is 77.0 Å². The largest absolute Gasteiger partial charge is 0.368 e. The van der Waals surface area contributed by atoms with Gasteiger partial charge in [-0.25, -0.2) is 0 Å². The lowest BCUT2D eigenvalue weighted by Gasteiger charge is -2.33. The van der Waals surface area contributed by atoms with Crippen LogP contribution in [0.1, 0.15) is 23.3 Å². The van der Waals surface area contributed by atoms with E-state index < -0.39 is 6.04 Å². The smallest absolute Gasteiger partial charge is 0.239 e. The third-order valence-corrected chi connectivity index (χ3v) is 3.72. The summed E-state index contributed by atoms with van der Waals surface area (Å²) in [6.07, 6.45) is 0. The highest BCUT2D eigenvalue weighted by Gasteiger charge is 2.30. The Morgan fingerprint density at radius 2 is 2.00 bits per heavy atom. The van der Waals surface area contributed by atoms with Gasteiger partial charge in [0.25, 0.3) is 0 Å². The van der Waals surface area contributed by atoms with E-state index in [0.29, 0.717) is 6.54 Å². The molecule has 1 aliphatic rings. The lowest BCUT2D eigenvalue weighted by atomic mass is 10.0. The van der Waals surface area contributed by atoms with Crippen LogP contribution in [0.5, 0.6) is 0 Å². The van der Waals surface area contributed by atoms with E-state index in [-0.39, 0.29) is 5.91 Å². The van der Waals surface area contributed by atoms with Gasteiger partial charge in [-0.3, -0.25) is 9.69 Å². The van der Waals surface area contributed by atoms with Crippen LogP contribution >= 0.6 is 0 Å². The van der Waals surface area contributed by atoms with Crippen molar-refractivity contribution in [1.82, 2.24) is 19.7 Å². The summed E-state index contributed by atoms with van der Waals surface area (Å²) in [6, 6.07) is 9.21. The molecule has 0 aliphatic carbocycles. The summed E-state index contributed by atoms with van der Waals surface area (Å²) in [5.41, 5.74) is 6.52. The molecule has 0 saturated heterocycles. The zero-order valence-electron chi connectivity index (χ0n) is 11.4. The zero-order chi connectivity index (χ0) is 14.1. The van der Waals surface area contributed by atoms with Crippen LogP contribution < -0.4 is 5.73 Å². The van der Waals surface area contributed by atoms with Crippen molar-refractivity contribution >= 4 is 5.91 Å². The Morgan fingerprint density at radius 1 is 1.25 bits per heavy atom. The number of hydrogen-bond donors (Lipinski definition) is 1. The Hall–Kier alpha value is -2.21. The van der Waals surface area contributed by atoms with E-state index in [9.17, 15) is 4.79 Å². The fourth-order valence-electron chi connectivity index (χ4n) is 2.73. The summed E-state index contributed by atoms with van der Waals surface area (Å²) in [7, 11) is 0. The van der Waals surface area contributed by atoms with Crippen molar-refractivity contribution in [2.45, 2.75) is 26.1 Å². The lowest BCUT2D eigenvalue weighted by Crippen LogP contribution is -2.42. The molecule has 0 spiro atoms. The fraction of sp³-hybridized carbons (Fsp3) is 0.357. The molecule has 3 rings (SSSR count). The quantitative estimate of drug-likeness (QED) is 0.888. The molecule has 1 aromatic carbocycles. The van der Waals surface area contributed by atoms with Crippen molar-refractivity contribution < 1.29 is 4.79 Å². The number of aryl methyl sites for hydroxylation is 1. The molecule has 0 unspecified atom stereocenters. The number of fused-ring (bicyclic) bond motifs is 1. The fourth-order valence-corrected chi connectivity index (χ4v) is 2.73.